The highest BCUT2D eigenvalue weighted by molar-refractivity contribution is 5.82. The molecule has 116 valence electrons. The highest BCUT2D eigenvalue weighted by Gasteiger charge is 2.37. The van der Waals surface area contributed by atoms with E-state index in [1.54, 1.807) is 0 Å². The van der Waals surface area contributed by atoms with Gasteiger partial charge in [-0.25, -0.2) is 0 Å². The average Bonchev–Trinajstić information content (AvgIpc) is 2.49. The van der Waals surface area contributed by atoms with E-state index >= 15 is 0 Å². The molecule has 2 atom stereocenters. The molecule has 0 saturated heterocycles. The first kappa shape index (κ1) is 17.0. The minimum Gasteiger partial charge on any atom is -0.469 e. The monoisotopic (exact) mass is 284 g/mol. The van der Waals surface area contributed by atoms with Crippen molar-refractivity contribution >= 4 is 11.9 Å². The maximum absolute atomic E-state index is 12.1. The zero-order valence-electron chi connectivity index (χ0n) is 12.9. The fraction of sp³-hybridized carbons (Fsp3) is 0.875. The van der Waals surface area contributed by atoms with Gasteiger partial charge in [-0.05, 0) is 19.3 Å². The Morgan fingerprint density at radius 2 is 1.55 bits per heavy atom. The van der Waals surface area contributed by atoms with Crippen molar-refractivity contribution in [3.05, 3.63) is 0 Å². The molecule has 0 aromatic rings. The lowest BCUT2D eigenvalue weighted by atomic mass is 9.79. The van der Waals surface area contributed by atoms with Gasteiger partial charge in [0.25, 0.3) is 0 Å². The van der Waals surface area contributed by atoms with Crippen molar-refractivity contribution in [3.8, 4) is 0 Å². The second-order valence-corrected chi connectivity index (χ2v) is 5.60. The number of unbranched alkanes of at least 4 members (excludes halogenated alkanes) is 4. The van der Waals surface area contributed by atoms with Crippen molar-refractivity contribution < 1.29 is 19.1 Å². The van der Waals surface area contributed by atoms with Crippen LogP contribution in [0.5, 0.6) is 0 Å². The summed E-state index contributed by atoms with van der Waals surface area (Å²) in [6, 6.07) is 0. The quantitative estimate of drug-likeness (QED) is 0.506. The second kappa shape index (κ2) is 9.78. The van der Waals surface area contributed by atoms with Crippen LogP contribution in [-0.2, 0) is 19.1 Å². The van der Waals surface area contributed by atoms with E-state index in [0.29, 0.717) is 6.61 Å². The van der Waals surface area contributed by atoms with Crippen LogP contribution >= 0.6 is 0 Å². The van der Waals surface area contributed by atoms with Gasteiger partial charge in [0.1, 0.15) is 0 Å². The van der Waals surface area contributed by atoms with Gasteiger partial charge < -0.3 is 9.47 Å². The van der Waals surface area contributed by atoms with E-state index in [0.717, 1.165) is 38.5 Å². The summed E-state index contributed by atoms with van der Waals surface area (Å²) in [5.41, 5.74) is 0. The van der Waals surface area contributed by atoms with Crippen LogP contribution in [0.15, 0.2) is 0 Å². The summed E-state index contributed by atoms with van der Waals surface area (Å²) in [6.45, 7) is 2.66. The maximum atomic E-state index is 12.1. The van der Waals surface area contributed by atoms with Gasteiger partial charge in [-0.2, -0.15) is 0 Å². The van der Waals surface area contributed by atoms with E-state index in [1.165, 1.54) is 26.4 Å². The Bertz CT molecular complexity index is 301. The molecular weight excluding hydrogens is 256 g/mol. The molecule has 20 heavy (non-hydrogen) atoms. The van der Waals surface area contributed by atoms with E-state index in [-0.39, 0.29) is 23.8 Å². The molecule has 4 heteroatoms. The SMILES string of the molecule is CCCCCCCOC(=O)C1CCCCC1C(=O)OC. The van der Waals surface area contributed by atoms with Gasteiger partial charge >= 0.3 is 11.9 Å². The molecule has 0 aliphatic heterocycles. The van der Waals surface area contributed by atoms with E-state index in [4.69, 9.17) is 9.47 Å². The Hall–Kier alpha value is -1.06. The molecule has 2 unspecified atom stereocenters. The average molecular weight is 284 g/mol. The predicted octanol–water partition coefficient (Wildman–Crippen LogP) is 3.48. The largest absolute Gasteiger partial charge is 0.469 e. The van der Waals surface area contributed by atoms with Crippen LogP contribution in [0.2, 0.25) is 0 Å². The Balaban J connectivity index is 2.30. The van der Waals surface area contributed by atoms with E-state index in [1.807, 2.05) is 0 Å². The summed E-state index contributed by atoms with van der Waals surface area (Å²) in [5, 5.41) is 0. The fourth-order valence-corrected chi connectivity index (χ4v) is 2.83. The molecule has 0 radical (unpaired) electrons. The van der Waals surface area contributed by atoms with Gasteiger partial charge in [-0.3, -0.25) is 9.59 Å². The third-order valence-corrected chi connectivity index (χ3v) is 4.06. The molecule has 1 rings (SSSR count). The molecule has 1 fully saturated rings. The van der Waals surface area contributed by atoms with Crippen LogP contribution in [0.1, 0.15) is 64.7 Å². The molecule has 1 aliphatic rings. The van der Waals surface area contributed by atoms with Crippen LogP contribution in [-0.4, -0.2) is 25.7 Å². The number of rotatable bonds is 8. The molecule has 0 heterocycles. The summed E-state index contributed by atoms with van der Waals surface area (Å²) in [4.78, 5) is 23.8. The fourth-order valence-electron chi connectivity index (χ4n) is 2.83. The van der Waals surface area contributed by atoms with Crippen molar-refractivity contribution in [2.45, 2.75) is 64.7 Å². The number of hydrogen-bond acceptors (Lipinski definition) is 4. The van der Waals surface area contributed by atoms with Crippen molar-refractivity contribution in [2.75, 3.05) is 13.7 Å². The lowest BCUT2D eigenvalue weighted by Crippen LogP contribution is -2.34. The van der Waals surface area contributed by atoms with Crippen LogP contribution in [0.3, 0.4) is 0 Å². The molecule has 1 saturated carbocycles. The highest BCUT2D eigenvalue weighted by Crippen LogP contribution is 2.31. The van der Waals surface area contributed by atoms with Gasteiger partial charge in [-0.15, -0.1) is 0 Å². The Morgan fingerprint density at radius 3 is 2.15 bits per heavy atom. The Morgan fingerprint density at radius 1 is 0.950 bits per heavy atom. The van der Waals surface area contributed by atoms with Gasteiger partial charge in [0.05, 0.1) is 25.6 Å². The lowest BCUT2D eigenvalue weighted by molar-refractivity contribution is -0.161. The zero-order chi connectivity index (χ0) is 14.8. The van der Waals surface area contributed by atoms with Gasteiger partial charge in [0.15, 0.2) is 0 Å². The molecule has 4 nitrogen and oxygen atoms in total. The highest BCUT2D eigenvalue weighted by atomic mass is 16.5. The normalized spacial score (nSPS) is 22.3. The molecule has 0 amide bonds. The number of methoxy groups -OCH3 is 1. The third-order valence-electron chi connectivity index (χ3n) is 4.06. The molecule has 0 spiro atoms. The Labute approximate surface area is 122 Å². The van der Waals surface area contributed by atoms with Gasteiger partial charge in [0, 0.05) is 0 Å². The van der Waals surface area contributed by atoms with Crippen LogP contribution in [0.25, 0.3) is 0 Å². The van der Waals surface area contributed by atoms with Crippen molar-refractivity contribution in [3.63, 3.8) is 0 Å². The third kappa shape index (κ3) is 5.51. The minimum atomic E-state index is -0.304. The molecule has 0 aromatic heterocycles. The van der Waals surface area contributed by atoms with Crippen LogP contribution in [0.4, 0.5) is 0 Å². The summed E-state index contributed by atoms with van der Waals surface area (Å²) >= 11 is 0. The lowest BCUT2D eigenvalue weighted by Gasteiger charge is -2.27. The van der Waals surface area contributed by atoms with Crippen molar-refractivity contribution in [1.29, 1.82) is 0 Å². The smallest absolute Gasteiger partial charge is 0.309 e. The molecular formula is C16H28O4. The second-order valence-electron chi connectivity index (χ2n) is 5.60. The maximum Gasteiger partial charge on any atom is 0.309 e. The first-order valence-corrected chi connectivity index (χ1v) is 7.95. The Kier molecular flexibility index (Phi) is 8.31. The number of esters is 2. The van der Waals surface area contributed by atoms with E-state index in [9.17, 15) is 9.59 Å². The standard InChI is InChI=1S/C16H28O4/c1-3-4-5-6-9-12-20-16(18)14-11-8-7-10-13(14)15(17)19-2/h13-14H,3-12H2,1-2H3. The number of carbonyl (C=O) groups is 2. The summed E-state index contributed by atoms with van der Waals surface area (Å²) < 4.78 is 10.1. The van der Waals surface area contributed by atoms with Crippen molar-refractivity contribution in [2.24, 2.45) is 11.8 Å². The molecule has 0 bridgehead atoms. The molecule has 0 N–H and O–H groups in total. The number of carbonyl (C=O) groups excluding carboxylic acids is 2. The predicted molar refractivity (Wildman–Crippen MR) is 77.2 cm³/mol. The van der Waals surface area contributed by atoms with E-state index < -0.39 is 0 Å². The summed E-state index contributed by atoms with van der Waals surface area (Å²) in [5.74, 6) is -1.08. The first-order chi connectivity index (χ1) is 9.70. The van der Waals surface area contributed by atoms with Crippen LogP contribution in [0, 0.1) is 11.8 Å². The topological polar surface area (TPSA) is 52.6 Å². The van der Waals surface area contributed by atoms with Gasteiger partial charge in [0.2, 0.25) is 0 Å². The first-order valence-electron chi connectivity index (χ1n) is 7.95. The molecule has 0 aromatic carbocycles. The summed E-state index contributed by atoms with van der Waals surface area (Å²) in [6.07, 6.45) is 9.13. The van der Waals surface area contributed by atoms with Crippen molar-refractivity contribution in [1.82, 2.24) is 0 Å². The molecule has 1 aliphatic carbocycles. The minimum absolute atomic E-state index is 0.212. The van der Waals surface area contributed by atoms with Crippen LogP contribution < -0.4 is 0 Å². The van der Waals surface area contributed by atoms with E-state index in [2.05, 4.69) is 6.92 Å². The van der Waals surface area contributed by atoms with Gasteiger partial charge in [-0.1, -0.05) is 45.4 Å². The zero-order valence-corrected chi connectivity index (χ0v) is 12.9. The number of hydrogen-bond donors (Lipinski definition) is 0. The number of ether oxygens (including phenoxy) is 2. The summed E-state index contributed by atoms with van der Waals surface area (Å²) in [7, 11) is 1.38.